The molecule has 0 radical (unpaired) electrons. The third kappa shape index (κ3) is 6.08. The largest absolute Gasteiger partial charge is 0.495 e. The summed E-state index contributed by atoms with van der Waals surface area (Å²) in [6, 6.07) is 4.85. The van der Waals surface area contributed by atoms with Crippen LogP contribution in [0.5, 0.6) is 23.0 Å². The Morgan fingerprint density at radius 1 is 1.26 bits per heavy atom. The molecule has 8 heteroatoms. The molecule has 3 rings (SSSR count). The maximum absolute atomic E-state index is 13.1. The minimum absolute atomic E-state index is 0.0436. The van der Waals surface area contributed by atoms with Crippen LogP contribution in [0, 0.1) is 18.3 Å². The Bertz CT molecular complexity index is 1130. The predicted molar refractivity (Wildman–Crippen MR) is 132 cm³/mol. The van der Waals surface area contributed by atoms with E-state index in [-0.39, 0.29) is 52.9 Å². The highest BCUT2D eigenvalue weighted by Crippen LogP contribution is 2.47. The lowest BCUT2D eigenvalue weighted by Crippen LogP contribution is -2.19. The molecule has 0 aromatic heterocycles. The first-order chi connectivity index (χ1) is 16.3. The molecule has 7 nitrogen and oxygen atoms in total. The average molecular weight is 505 g/mol. The van der Waals surface area contributed by atoms with Gasteiger partial charge in [0, 0.05) is 5.56 Å². The van der Waals surface area contributed by atoms with Crippen LogP contribution in [0.4, 0.5) is 0 Å². The molecule has 0 aliphatic carbocycles. The first-order valence-corrected chi connectivity index (χ1v) is 12.0. The molecule has 190 valence electrons. The number of esters is 2. The Balaban J connectivity index is 2.13. The van der Waals surface area contributed by atoms with Gasteiger partial charge in [-0.05, 0) is 48.4 Å². The molecule has 2 aromatic rings. The van der Waals surface area contributed by atoms with E-state index in [9.17, 15) is 14.7 Å². The molecule has 1 N–H and O–H groups in total. The molecule has 1 atom stereocenters. The highest BCUT2D eigenvalue weighted by atomic mass is 35.5. The molecule has 0 saturated carbocycles. The van der Waals surface area contributed by atoms with Crippen molar-refractivity contribution in [3.8, 4) is 23.0 Å². The van der Waals surface area contributed by atoms with E-state index in [1.54, 1.807) is 25.1 Å². The van der Waals surface area contributed by atoms with E-state index in [1.165, 1.54) is 7.11 Å². The lowest BCUT2D eigenvalue weighted by atomic mass is 9.92. The van der Waals surface area contributed by atoms with Crippen LogP contribution in [0.1, 0.15) is 80.6 Å². The molecule has 35 heavy (non-hydrogen) atoms. The minimum atomic E-state index is -0.841. The van der Waals surface area contributed by atoms with Gasteiger partial charge in [-0.2, -0.15) is 0 Å². The third-order valence-corrected chi connectivity index (χ3v) is 6.05. The summed E-state index contributed by atoms with van der Waals surface area (Å²) in [6.07, 6.45) is -0.164. The van der Waals surface area contributed by atoms with Gasteiger partial charge in [-0.3, -0.25) is 4.79 Å². The van der Waals surface area contributed by atoms with Crippen LogP contribution < -0.4 is 14.2 Å². The number of cyclic esters (lactones) is 1. The fraction of sp³-hybridized carbons (Fsp3) is 0.481. The van der Waals surface area contributed by atoms with Crippen LogP contribution in [-0.2, 0) is 16.1 Å². The van der Waals surface area contributed by atoms with Crippen molar-refractivity contribution in [2.24, 2.45) is 11.3 Å². The molecule has 1 aliphatic rings. The first-order valence-electron chi connectivity index (χ1n) is 11.6. The summed E-state index contributed by atoms with van der Waals surface area (Å²) in [5.74, 6) is -0.187. The second-order valence-corrected chi connectivity index (χ2v) is 10.8. The summed E-state index contributed by atoms with van der Waals surface area (Å²) >= 11 is 6.53. The molecule has 0 amide bonds. The fourth-order valence-corrected chi connectivity index (χ4v) is 4.15. The molecule has 0 saturated heterocycles. The van der Waals surface area contributed by atoms with Crippen molar-refractivity contribution in [3.05, 3.63) is 45.5 Å². The standard InChI is InChI=1S/C27H33ClO7/c1-14(2)10-18(29)16-8-9-19-22(25(16)32-7)26(31)33-13-17-23(28)15(3)11-20(24(17)35-19)34-21(30)12-27(4,5)6/h8-9,11,14,18,29H,10,12-13H2,1-7H3/t18-/m0/s1. The monoisotopic (exact) mass is 504 g/mol. The number of aryl methyl sites for hydroxylation is 1. The second kappa shape index (κ2) is 10.5. The van der Waals surface area contributed by atoms with Gasteiger partial charge >= 0.3 is 11.9 Å². The van der Waals surface area contributed by atoms with Crippen molar-refractivity contribution < 1.29 is 33.6 Å². The quantitative estimate of drug-likeness (QED) is 0.352. The molecular formula is C27H33ClO7. The maximum Gasteiger partial charge on any atom is 0.346 e. The smallest absolute Gasteiger partial charge is 0.346 e. The summed E-state index contributed by atoms with van der Waals surface area (Å²) in [5, 5.41) is 11.1. The number of carbonyl (C=O) groups excluding carboxylic acids is 2. The van der Waals surface area contributed by atoms with Crippen LogP contribution in [-0.4, -0.2) is 24.2 Å². The minimum Gasteiger partial charge on any atom is -0.495 e. The SMILES string of the molecule is COc1c([C@@H](O)CC(C)C)ccc2c1C(=O)OCc1c(Cl)c(C)cc(OC(=O)CC(C)(C)C)c1O2. The number of ether oxygens (including phenoxy) is 4. The number of halogens is 1. The normalized spacial score (nSPS) is 14.2. The topological polar surface area (TPSA) is 91.3 Å². The Hall–Kier alpha value is -2.77. The summed E-state index contributed by atoms with van der Waals surface area (Å²) in [4.78, 5) is 25.7. The van der Waals surface area contributed by atoms with Crippen LogP contribution in [0.25, 0.3) is 0 Å². The van der Waals surface area contributed by atoms with Crippen LogP contribution in [0.2, 0.25) is 5.02 Å². The Morgan fingerprint density at radius 2 is 1.94 bits per heavy atom. The number of fused-ring (bicyclic) bond motifs is 2. The van der Waals surface area contributed by atoms with Gasteiger partial charge in [-0.15, -0.1) is 0 Å². The van der Waals surface area contributed by atoms with Gasteiger partial charge in [-0.25, -0.2) is 4.79 Å². The molecule has 1 heterocycles. The number of hydrogen-bond acceptors (Lipinski definition) is 7. The predicted octanol–water partition coefficient (Wildman–Crippen LogP) is 6.54. The molecular weight excluding hydrogens is 472 g/mol. The first kappa shape index (κ1) is 26.8. The van der Waals surface area contributed by atoms with Crippen molar-refractivity contribution in [3.63, 3.8) is 0 Å². The number of hydrogen-bond donors (Lipinski definition) is 1. The van der Waals surface area contributed by atoms with Crippen LogP contribution in [0.3, 0.4) is 0 Å². The van der Waals surface area contributed by atoms with Crippen LogP contribution >= 0.6 is 11.6 Å². The summed E-state index contributed by atoms with van der Waals surface area (Å²) in [5.41, 5.74) is 1.28. The van der Waals surface area contributed by atoms with Gasteiger partial charge in [0.15, 0.2) is 11.5 Å². The lowest BCUT2D eigenvalue weighted by molar-refractivity contribution is -0.136. The zero-order chi connectivity index (χ0) is 26.1. The van der Waals surface area contributed by atoms with E-state index >= 15 is 0 Å². The average Bonchev–Trinajstić information content (AvgIpc) is 2.72. The van der Waals surface area contributed by atoms with E-state index in [0.717, 1.165) is 0 Å². The lowest BCUT2D eigenvalue weighted by Gasteiger charge is -2.25. The Morgan fingerprint density at radius 3 is 2.54 bits per heavy atom. The van der Waals surface area contributed by atoms with Gasteiger partial charge in [0.2, 0.25) is 0 Å². The van der Waals surface area contributed by atoms with Crippen LogP contribution in [0.15, 0.2) is 18.2 Å². The zero-order valence-electron chi connectivity index (χ0n) is 21.3. The molecule has 0 spiro atoms. The molecule has 0 fully saturated rings. The number of aliphatic hydroxyl groups is 1. The number of carbonyl (C=O) groups is 2. The van der Waals surface area contributed by atoms with Gasteiger partial charge in [-0.1, -0.05) is 46.2 Å². The van der Waals surface area contributed by atoms with E-state index < -0.39 is 18.0 Å². The fourth-order valence-electron chi connectivity index (χ4n) is 3.96. The number of aliphatic hydroxyl groups excluding tert-OH is 1. The zero-order valence-corrected chi connectivity index (χ0v) is 22.0. The van der Waals surface area contributed by atoms with Gasteiger partial charge in [0.05, 0.1) is 30.2 Å². The summed E-state index contributed by atoms with van der Waals surface area (Å²) in [6.45, 7) is 11.4. The van der Waals surface area contributed by atoms with Crippen molar-refractivity contribution in [2.45, 2.75) is 67.1 Å². The van der Waals surface area contributed by atoms with Crippen molar-refractivity contribution >= 4 is 23.5 Å². The highest BCUT2D eigenvalue weighted by Gasteiger charge is 2.32. The number of benzene rings is 2. The molecule has 0 unspecified atom stereocenters. The maximum atomic E-state index is 13.1. The Kier molecular flexibility index (Phi) is 8.02. The van der Waals surface area contributed by atoms with Gasteiger partial charge in [0.25, 0.3) is 0 Å². The molecule has 2 aromatic carbocycles. The third-order valence-electron chi connectivity index (χ3n) is 5.53. The van der Waals surface area contributed by atoms with Gasteiger partial charge in [0.1, 0.15) is 23.7 Å². The van der Waals surface area contributed by atoms with Crippen molar-refractivity contribution in [2.75, 3.05) is 7.11 Å². The van der Waals surface area contributed by atoms with E-state index in [4.69, 9.17) is 30.5 Å². The molecule has 0 bridgehead atoms. The van der Waals surface area contributed by atoms with E-state index in [0.29, 0.717) is 28.1 Å². The molecule has 1 aliphatic heterocycles. The van der Waals surface area contributed by atoms with Crippen molar-refractivity contribution in [1.82, 2.24) is 0 Å². The van der Waals surface area contributed by atoms with Crippen molar-refractivity contribution in [1.29, 1.82) is 0 Å². The van der Waals surface area contributed by atoms with Gasteiger partial charge < -0.3 is 24.1 Å². The second-order valence-electron chi connectivity index (χ2n) is 10.4. The number of methoxy groups -OCH3 is 1. The van der Waals surface area contributed by atoms with E-state index in [1.807, 2.05) is 34.6 Å². The Labute approximate surface area is 211 Å². The number of rotatable bonds is 6. The highest BCUT2D eigenvalue weighted by molar-refractivity contribution is 6.32. The summed E-state index contributed by atoms with van der Waals surface area (Å²) < 4.78 is 23.0. The summed E-state index contributed by atoms with van der Waals surface area (Å²) in [7, 11) is 1.42. The van der Waals surface area contributed by atoms with E-state index in [2.05, 4.69) is 0 Å².